The molecule has 0 saturated heterocycles. The Morgan fingerprint density at radius 2 is 1.83 bits per heavy atom. The lowest BCUT2D eigenvalue weighted by Crippen LogP contribution is -2.28. The van der Waals surface area contributed by atoms with E-state index < -0.39 is 10.0 Å². The van der Waals surface area contributed by atoms with E-state index in [1.165, 1.54) is 11.4 Å². The van der Waals surface area contributed by atoms with Crippen molar-refractivity contribution in [2.75, 3.05) is 22.4 Å². The highest BCUT2D eigenvalue weighted by Gasteiger charge is 2.17. The van der Waals surface area contributed by atoms with E-state index in [0.717, 1.165) is 3.57 Å². The average Bonchev–Trinajstić information content (AvgIpc) is 2.56. The number of nitrogens with one attached hydrogen (secondary N) is 1. The van der Waals surface area contributed by atoms with Crippen LogP contribution in [0.5, 0.6) is 0 Å². The fraction of sp³-hybridized carbons (Fsp3) is 0.188. The van der Waals surface area contributed by atoms with Crippen molar-refractivity contribution in [1.29, 1.82) is 0 Å². The highest BCUT2D eigenvalue weighted by atomic mass is 127. The molecule has 0 atom stereocenters. The number of hydrogen-bond acceptors (Lipinski definition) is 3. The van der Waals surface area contributed by atoms with E-state index in [2.05, 4.69) is 27.9 Å². The maximum absolute atomic E-state index is 12.3. The molecule has 0 saturated carbocycles. The van der Waals surface area contributed by atoms with Gasteiger partial charge in [0.05, 0.1) is 11.4 Å². The summed E-state index contributed by atoms with van der Waals surface area (Å²) in [5, 5.41) is 2.79. The molecular formula is C16H17IN2O3S. The molecule has 2 aromatic rings. The monoisotopic (exact) mass is 444 g/mol. The second-order valence-electron chi connectivity index (χ2n) is 4.88. The first-order chi connectivity index (χ1) is 10.8. The molecule has 0 aliphatic heterocycles. The van der Waals surface area contributed by atoms with Crippen LogP contribution >= 0.6 is 22.6 Å². The Labute approximate surface area is 149 Å². The molecule has 1 N–H and O–H groups in total. The third-order valence-electron chi connectivity index (χ3n) is 3.36. The molecule has 5 nitrogen and oxygen atoms in total. The highest BCUT2D eigenvalue weighted by Crippen LogP contribution is 2.19. The number of amides is 1. The minimum Gasteiger partial charge on any atom is -0.322 e. The molecule has 0 heterocycles. The molecule has 0 radical (unpaired) electrons. The zero-order chi connectivity index (χ0) is 17.0. The Morgan fingerprint density at radius 3 is 2.43 bits per heavy atom. The number of halogens is 1. The van der Waals surface area contributed by atoms with E-state index in [1.807, 2.05) is 24.3 Å². The molecule has 2 rings (SSSR count). The summed E-state index contributed by atoms with van der Waals surface area (Å²) < 4.78 is 26.1. The quantitative estimate of drug-likeness (QED) is 0.720. The summed E-state index contributed by atoms with van der Waals surface area (Å²) >= 11 is 2.19. The van der Waals surface area contributed by atoms with Gasteiger partial charge in [0.25, 0.3) is 5.91 Å². The van der Waals surface area contributed by atoms with Crippen LogP contribution in [-0.2, 0) is 10.0 Å². The van der Waals surface area contributed by atoms with Crippen molar-refractivity contribution in [3.8, 4) is 0 Å². The molecule has 0 unspecified atom stereocenters. The van der Waals surface area contributed by atoms with Crippen LogP contribution in [0.3, 0.4) is 0 Å². The highest BCUT2D eigenvalue weighted by molar-refractivity contribution is 14.1. The second kappa shape index (κ2) is 7.31. The summed E-state index contributed by atoms with van der Waals surface area (Å²) in [4.78, 5) is 12.3. The van der Waals surface area contributed by atoms with E-state index >= 15 is 0 Å². The van der Waals surface area contributed by atoms with Gasteiger partial charge in [-0.2, -0.15) is 0 Å². The van der Waals surface area contributed by atoms with Crippen molar-refractivity contribution in [3.63, 3.8) is 0 Å². The summed E-state index contributed by atoms with van der Waals surface area (Å²) in [6.45, 7) is 1.58. The largest absolute Gasteiger partial charge is 0.322 e. The average molecular weight is 444 g/mol. The number of hydrogen-bond donors (Lipinski definition) is 1. The molecule has 7 heteroatoms. The zero-order valence-electron chi connectivity index (χ0n) is 12.8. The Balaban J connectivity index is 2.22. The fourth-order valence-corrected chi connectivity index (χ4v) is 3.12. The molecule has 0 spiro atoms. The summed E-state index contributed by atoms with van der Waals surface area (Å²) in [5.41, 5.74) is 1.55. The second-order valence-corrected chi connectivity index (χ2v) is 8.41. The number of carbonyl (C=O) groups is 1. The van der Waals surface area contributed by atoms with Gasteiger partial charge in [0.1, 0.15) is 0 Å². The van der Waals surface area contributed by atoms with Crippen molar-refractivity contribution in [2.24, 2.45) is 0 Å². The Bertz CT molecular complexity index is 804. The third kappa shape index (κ3) is 4.44. The number of sulfonamides is 1. The smallest absolute Gasteiger partial charge is 0.255 e. The van der Waals surface area contributed by atoms with Gasteiger partial charge in [-0.3, -0.25) is 9.10 Å². The maximum atomic E-state index is 12.3. The number of carbonyl (C=O) groups excluding carboxylic acids is 1. The van der Waals surface area contributed by atoms with E-state index in [-0.39, 0.29) is 11.7 Å². The fourth-order valence-electron chi connectivity index (χ4n) is 1.93. The predicted octanol–water partition coefficient (Wildman–Crippen LogP) is 3.33. The van der Waals surface area contributed by atoms with Crippen LogP contribution in [0.1, 0.15) is 17.3 Å². The number of nitrogens with zero attached hydrogens (tertiary/aromatic N) is 1. The maximum Gasteiger partial charge on any atom is 0.255 e. The lowest BCUT2D eigenvalue weighted by molar-refractivity contribution is 0.102. The molecule has 0 fully saturated rings. The standard InChI is InChI=1S/C16H17IN2O3S/c1-3-23(21,22)19(2)15-6-4-5-12(11-15)16(20)18-14-9-7-13(17)8-10-14/h4-11H,3H2,1-2H3,(H,18,20). The van der Waals surface area contributed by atoms with E-state index in [1.54, 1.807) is 31.2 Å². The van der Waals surface area contributed by atoms with Crippen LogP contribution in [0.25, 0.3) is 0 Å². The SMILES string of the molecule is CCS(=O)(=O)N(C)c1cccc(C(=O)Nc2ccc(I)cc2)c1. The number of benzene rings is 2. The van der Waals surface area contributed by atoms with Crippen LogP contribution in [-0.4, -0.2) is 27.1 Å². The van der Waals surface area contributed by atoms with Crippen LogP contribution in [0.15, 0.2) is 48.5 Å². The van der Waals surface area contributed by atoms with Crippen molar-refractivity contribution in [3.05, 3.63) is 57.7 Å². The van der Waals surface area contributed by atoms with Gasteiger partial charge in [-0.25, -0.2) is 8.42 Å². The third-order valence-corrected chi connectivity index (χ3v) is 5.85. The molecule has 122 valence electrons. The normalized spacial score (nSPS) is 11.1. The molecule has 23 heavy (non-hydrogen) atoms. The number of anilines is 2. The molecule has 2 aromatic carbocycles. The Kier molecular flexibility index (Phi) is 5.64. The first-order valence-corrected chi connectivity index (χ1v) is 9.66. The van der Waals surface area contributed by atoms with Crippen molar-refractivity contribution >= 4 is 49.9 Å². The van der Waals surface area contributed by atoms with Gasteiger partial charge in [0, 0.05) is 21.9 Å². The number of rotatable bonds is 5. The van der Waals surface area contributed by atoms with Crippen LogP contribution in [0, 0.1) is 3.57 Å². The topological polar surface area (TPSA) is 66.5 Å². The Hall–Kier alpha value is -1.61. The Morgan fingerprint density at radius 1 is 1.17 bits per heavy atom. The van der Waals surface area contributed by atoms with E-state index in [0.29, 0.717) is 16.9 Å². The summed E-state index contributed by atoms with van der Waals surface area (Å²) in [7, 11) is -1.88. The minimum absolute atomic E-state index is 0.00255. The van der Waals surface area contributed by atoms with Crippen LogP contribution in [0.4, 0.5) is 11.4 Å². The van der Waals surface area contributed by atoms with Crippen LogP contribution < -0.4 is 9.62 Å². The zero-order valence-corrected chi connectivity index (χ0v) is 15.8. The van der Waals surface area contributed by atoms with Crippen LogP contribution in [0.2, 0.25) is 0 Å². The predicted molar refractivity (Wildman–Crippen MR) is 101 cm³/mol. The summed E-state index contributed by atoms with van der Waals surface area (Å²) in [6, 6.07) is 14.0. The lowest BCUT2D eigenvalue weighted by atomic mass is 10.2. The molecule has 1 amide bonds. The molecular weight excluding hydrogens is 427 g/mol. The van der Waals surface area contributed by atoms with E-state index in [9.17, 15) is 13.2 Å². The minimum atomic E-state index is -3.36. The molecule has 0 aromatic heterocycles. The summed E-state index contributed by atoms with van der Waals surface area (Å²) in [5.74, 6) is -0.280. The summed E-state index contributed by atoms with van der Waals surface area (Å²) in [6.07, 6.45) is 0. The van der Waals surface area contributed by atoms with Gasteiger partial charge in [0.2, 0.25) is 10.0 Å². The first-order valence-electron chi connectivity index (χ1n) is 6.97. The molecule has 0 aliphatic rings. The molecule has 0 aliphatic carbocycles. The van der Waals surface area contributed by atoms with E-state index in [4.69, 9.17) is 0 Å². The van der Waals surface area contributed by atoms with Gasteiger partial charge in [-0.15, -0.1) is 0 Å². The first kappa shape index (κ1) is 17.7. The van der Waals surface area contributed by atoms with Gasteiger partial charge in [0.15, 0.2) is 0 Å². The van der Waals surface area contributed by atoms with Crippen molar-refractivity contribution < 1.29 is 13.2 Å². The lowest BCUT2D eigenvalue weighted by Gasteiger charge is -2.19. The van der Waals surface area contributed by atoms with Crippen molar-refractivity contribution in [2.45, 2.75) is 6.92 Å². The van der Waals surface area contributed by atoms with Crippen molar-refractivity contribution in [1.82, 2.24) is 0 Å². The molecule has 0 bridgehead atoms. The van der Waals surface area contributed by atoms with Gasteiger partial charge >= 0.3 is 0 Å². The van der Waals surface area contributed by atoms with Gasteiger partial charge in [-0.1, -0.05) is 6.07 Å². The van der Waals surface area contributed by atoms with Gasteiger partial charge in [-0.05, 0) is 72.0 Å². The van der Waals surface area contributed by atoms with Gasteiger partial charge < -0.3 is 5.32 Å².